The largest absolute Gasteiger partial charge is 0.369 e. The maximum absolute atomic E-state index is 13.5. The van der Waals surface area contributed by atoms with Crippen LogP contribution in [0.4, 0.5) is 5.82 Å². The third kappa shape index (κ3) is 8.40. The highest BCUT2D eigenvalue weighted by Crippen LogP contribution is 2.33. The summed E-state index contributed by atoms with van der Waals surface area (Å²) in [6.07, 6.45) is 19.1. The molecule has 2 aromatic rings. The first-order valence-electron chi connectivity index (χ1n) is 14.5. The molecule has 38 heavy (non-hydrogen) atoms. The summed E-state index contributed by atoms with van der Waals surface area (Å²) in [5.41, 5.74) is 1.78. The predicted octanol–water partition coefficient (Wildman–Crippen LogP) is 7.73. The molecule has 0 unspecified atom stereocenters. The van der Waals surface area contributed by atoms with E-state index in [0.29, 0.717) is 32.8 Å². The van der Waals surface area contributed by atoms with Crippen molar-refractivity contribution >= 4 is 51.7 Å². The van der Waals surface area contributed by atoms with Gasteiger partial charge in [-0.25, -0.2) is 4.98 Å². The summed E-state index contributed by atoms with van der Waals surface area (Å²) in [6.45, 7) is 7.71. The Balaban J connectivity index is 1.65. The Bertz CT molecular complexity index is 1170. The molecule has 1 aliphatic heterocycles. The van der Waals surface area contributed by atoms with Crippen LogP contribution in [0.25, 0.3) is 11.7 Å². The highest BCUT2D eigenvalue weighted by molar-refractivity contribution is 8.26. The molecule has 2 aromatic heterocycles. The normalized spacial score (nSPS) is 14.8. The van der Waals surface area contributed by atoms with Gasteiger partial charge in [0.1, 0.15) is 15.8 Å². The fourth-order valence-corrected chi connectivity index (χ4v) is 6.03. The number of nitrogens with one attached hydrogen (secondary N) is 1. The second-order valence-electron chi connectivity index (χ2n) is 10.2. The van der Waals surface area contributed by atoms with E-state index in [1.807, 2.05) is 19.1 Å². The first-order chi connectivity index (χ1) is 18.5. The van der Waals surface area contributed by atoms with E-state index in [-0.39, 0.29) is 11.5 Å². The van der Waals surface area contributed by atoms with Gasteiger partial charge < -0.3 is 5.32 Å². The number of aryl methyl sites for hydroxylation is 1. The fraction of sp³-hybridized carbons (Fsp3) is 0.600. The van der Waals surface area contributed by atoms with Gasteiger partial charge in [0, 0.05) is 19.3 Å². The number of rotatable bonds is 17. The van der Waals surface area contributed by atoms with Crippen molar-refractivity contribution in [3.05, 3.63) is 44.7 Å². The molecular weight excluding hydrogens is 512 g/mol. The van der Waals surface area contributed by atoms with Crippen molar-refractivity contribution in [2.45, 2.75) is 104 Å². The topological polar surface area (TPSA) is 66.7 Å². The van der Waals surface area contributed by atoms with Crippen LogP contribution in [-0.4, -0.2) is 37.6 Å². The molecule has 0 spiro atoms. The molecule has 0 bridgehead atoms. The third-order valence-electron chi connectivity index (χ3n) is 7.04. The van der Waals surface area contributed by atoms with Crippen LogP contribution in [0.15, 0.2) is 28.0 Å². The molecular formula is C30H44N4O2S2. The van der Waals surface area contributed by atoms with E-state index >= 15 is 0 Å². The lowest BCUT2D eigenvalue weighted by molar-refractivity contribution is -0.122. The molecule has 3 heterocycles. The number of hydrogen-bond acceptors (Lipinski definition) is 6. The third-order valence-corrected chi connectivity index (χ3v) is 8.42. The molecule has 6 nitrogen and oxygen atoms in total. The molecule has 1 amide bonds. The minimum Gasteiger partial charge on any atom is -0.369 e. The van der Waals surface area contributed by atoms with E-state index in [1.165, 1.54) is 63.1 Å². The number of carbonyl (C=O) groups excluding carboxylic acids is 1. The first-order valence-corrected chi connectivity index (χ1v) is 15.7. The van der Waals surface area contributed by atoms with Gasteiger partial charge in [-0.1, -0.05) is 115 Å². The Morgan fingerprint density at radius 3 is 2.26 bits per heavy atom. The maximum atomic E-state index is 13.5. The number of carbonyl (C=O) groups is 1. The Labute approximate surface area is 237 Å². The second kappa shape index (κ2) is 16.0. The molecule has 0 saturated carbocycles. The highest BCUT2D eigenvalue weighted by atomic mass is 32.2. The Hall–Kier alpha value is -2.19. The van der Waals surface area contributed by atoms with E-state index < -0.39 is 0 Å². The molecule has 0 aliphatic carbocycles. The average molecular weight is 557 g/mol. The van der Waals surface area contributed by atoms with Crippen LogP contribution in [-0.2, 0) is 4.79 Å². The fourth-order valence-electron chi connectivity index (χ4n) is 4.74. The van der Waals surface area contributed by atoms with Gasteiger partial charge in [-0.15, -0.1) is 0 Å². The number of hydrogen-bond donors (Lipinski definition) is 1. The Morgan fingerprint density at radius 1 is 0.947 bits per heavy atom. The van der Waals surface area contributed by atoms with Gasteiger partial charge in [0.2, 0.25) is 0 Å². The molecule has 3 rings (SSSR count). The van der Waals surface area contributed by atoms with Crippen molar-refractivity contribution in [3.63, 3.8) is 0 Å². The minimum atomic E-state index is -0.184. The van der Waals surface area contributed by atoms with Crippen molar-refractivity contribution in [3.8, 4) is 0 Å². The number of nitrogens with zero attached hydrogens (tertiary/aromatic N) is 3. The van der Waals surface area contributed by atoms with Crippen molar-refractivity contribution in [1.29, 1.82) is 0 Å². The molecule has 1 aliphatic rings. The number of aromatic nitrogens is 2. The number of pyridine rings is 1. The summed E-state index contributed by atoms with van der Waals surface area (Å²) in [6, 6.07) is 3.79. The van der Waals surface area contributed by atoms with Crippen molar-refractivity contribution in [2.24, 2.45) is 0 Å². The molecule has 1 fully saturated rings. The minimum absolute atomic E-state index is 0.110. The first kappa shape index (κ1) is 30.4. The quantitative estimate of drug-likeness (QED) is 0.122. The maximum Gasteiger partial charge on any atom is 0.267 e. The number of fused-ring (bicyclic) bond motifs is 1. The van der Waals surface area contributed by atoms with Crippen LogP contribution in [0.5, 0.6) is 0 Å². The van der Waals surface area contributed by atoms with E-state index in [4.69, 9.17) is 17.2 Å². The van der Waals surface area contributed by atoms with E-state index in [9.17, 15) is 9.59 Å². The van der Waals surface area contributed by atoms with Crippen molar-refractivity contribution in [2.75, 3.05) is 18.4 Å². The standard InChI is InChI=1S/C30H44N4O2S2/c1-4-6-8-9-10-11-12-13-14-16-20-34-29(36)25(38-30(34)37)22-24-26(31-19-15-7-5-2)32-27-23(3)18-17-21-33(27)28(24)35/h17-18,21-22,31H,4-16,19-20H2,1-3H3. The van der Waals surface area contributed by atoms with Crippen molar-refractivity contribution < 1.29 is 4.79 Å². The summed E-state index contributed by atoms with van der Waals surface area (Å²) < 4.78 is 2.13. The van der Waals surface area contributed by atoms with Gasteiger partial charge in [-0.05, 0) is 37.5 Å². The van der Waals surface area contributed by atoms with Crippen LogP contribution in [0.2, 0.25) is 0 Å². The molecule has 208 valence electrons. The molecule has 0 radical (unpaired) electrons. The number of amides is 1. The zero-order valence-corrected chi connectivity index (χ0v) is 25.0. The monoisotopic (exact) mass is 556 g/mol. The van der Waals surface area contributed by atoms with E-state index in [2.05, 4.69) is 19.2 Å². The predicted molar refractivity (Wildman–Crippen MR) is 166 cm³/mol. The molecule has 1 N–H and O–H groups in total. The summed E-state index contributed by atoms with van der Waals surface area (Å²) in [5.74, 6) is 0.418. The van der Waals surface area contributed by atoms with Gasteiger partial charge in [0.05, 0.1) is 10.5 Å². The lowest BCUT2D eigenvalue weighted by Crippen LogP contribution is -2.29. The summed E-state index contributed by atoms with van der Waals surface area (Å²) >= 11 is 6.83. The van der Waals surface area contributed by atoms with Gasteiger partial charge >= 0.3 is 0 Å². The summed E-state index contributed by atoms with van der Waals surface area (Å²) in [7, 11) is 0. The molecule has 8 heteroatoms. The molecule has 1 saturated heterocycles. The van der Waals surface area contributed by atoms with Gasteiger partial charge in [-0.3, -0.25) is 18.9 Å². The summed E-state index contributed by atoms with van der Waals surface area (Å²) in [5, 5.41) is 3.36. The number of thiocarbonyl (C=S) groups is 1. The van der Waals surface area contributed by atoms with Crippen LogP contribution in [0, 0.1) is 6.92 Å². The Kier molecular flexibility index (Phi) is 12.8. The number of thioether (sulfide) groups is 1. The van der Waals surface area contributed by atoms with Crippen LogP contribution >= 0.6 is 24.0 Å². The van der Waals surface area contributed by atoms with Crippen LogP contribution in [0.3, 0.4) is 0 Å². The zero-order chi connectivity index (χ0) is 27.3. The average Bonchev–Trinajstić information content (AvgIpc) is 3.17. The zero-order valence-electron chi connectivity index (χ0n) is 23.4. The van der Waals surface area contributed by atoms with Gasteiger partial charge in [0.15, 0.2) is 0 Å². The number of anilines is 1. The van der Waals surface area contributed by atoms with Gasteiger partial charge in [-0.2, -0.15) is 0 Å². The Morgan fingerprint density at radius 2 is 1.58 bits per heavy atom. The van der Waals surface area contributed by atoms with Crippen LogP contribution < -0.4 is 10.9 Å². The molecule has 0 aromatic carbocycles. The van der Waals surface area contributed by atoms with E-state index in [0.717, 1.165) is 44.2 Å². The SMILES string of the molecule is CCCCCCCCCCCCN1C(=O)C(=Cc2c(NCCCCC)nc3c(C)cccn3c2=O)SC1=S. The smallest absolute Gasteiger partial charge is 0.267 e. The molecule has 0 atom stereocenters. The van der Waals surface area contributed by atoms with Gasteiger partial charge in [0.25, 0.3) is 11.5 Å². The van der Waals surface area contributed by atoms with E-state index in [1.54, 1.807) is 21.6 Å². The van der Waals surface area contributed by atoms with Crippen LogP contribution in [0.1, 0.15) is 108 Å². The lowest BCUT2D eigenvalue weighted by Gasteiger charge is -2.14. The highest BCUT2D eigenvalue weighted by Gasteiger charge is 2.32. The number of unbranched alkanes of at least 4 members (excludes halogenated alkanes) is 11. The summed E-state index contributed by atoms with van der Waals surface area (Å²) in [4.78, 5) is 33.7. The van der Waals surface area contributed by atoms with Crippen molar-refractivity contribution in [1.82, 2.24) is 14.3 Å². The second-order valence-corrected chi connectivity index (χ2v) is 11.9. The lowest BCUT2D eigenvalue weighted by atomic mass is 10.1.